The highest BCUT2D eigenvalue weighted by Crippen LogP contribution is 2.19. The number of likely N-dealkylation sites (tertiary alicyclic amines) is 1. The number of halogens is 2. The van der Waals surface area contributed by atoms with Crippen LogP contribution in [0.25, 0.3) is 0 Å². The van der Waals surface area contributed by atoms with Crippen LogP contribution in [0.2, 0.25) is 0 Å². The molecule has 2 rings (SSSR count). The van der Waals surface area contributed by atoms with Crippen LogP contribution in [0.1, 0.15) is 30.1 Å². The topological polar surface area (TPSA) is 32.3 Å². The summed E-state index contributed by atoms with van der Waals surface area (Å²) >= 11 is 5.62. The quantitative estimate of drug-likeness (QED) is 0.737. The van der Waals surface area contributed by atoms with Gasteiger partial charge in [-0.2, -0.15) is 0 Å². The average Bonchev–Trinajstić information content (AvgIpc) is 2.41. The van der Waals surface area contributed by atoms with Crippen molar-refractivity contribution in [3.63, 3.8) is 0 Å². The minimum atomic E-state index is 0.0358. The van der Waals surface area contributed by atoms with Gasteiger partial charge in [0.1, 0.15) is 0 Å². The summed E-state index contributed by atoms with van der Waals surface area (Å²) in [4.78, 5) is 14.7. The molecule has 0 radical (unpaired) electrons. The third-order valence-electron chi connectivity index (χ3n) is 3.46. The van der Waals surface area contributed by atoms with Crippen LogP contribution in [-0.2, 0) is 0 Å². The molecule has 1 aliphatic heterocycles. The van der Waals surface area contributed by atoms with E-state index in [1.54, 1.807) is 0 Å². The van der Waals surface area contributed by atoms with E-state index in [0.717, 1.165) is 46.1 Å². The first-order valence-corrected chi connectivity index (χ1v) is 8.45. The maximum absolute atomic E-state index is 12.3. The smallest absolute Gasteiger partial charge is 0.252 e. The second-order valence-electron chi connectivity index (χ2n) is 4.83. The molecule has 0 saturated carbocycles. The Morgan fingerprint density at radius 1 is 1.58 bits per heavy atom. The number of rotatable bonds is 3. The summed E-state index contributed by atoms with van der Waals surface area (Å²) in [6, 6.07) is 6.07. The fourth-order valence-corrected chi connectivity index (χ4v) is 3.34. The molecule has 5 heteroatoms. The van der Waals surface area contributed by atoms with Gasteiger partial charge >= 0.3 is 0 Å². The highest BCUT2D eigenvalue weighted by atomic mass is 127. The first-order valence-electron chi connectivity index (χ1n) is 6.58. The Kier molecular flexibility index (Phi) is 5.65. The van der Waals surface area contributed by atoms with Gasteiger partial charge in [-0.3, -0.25) is 4.79 Å². The summed E-state index contributed by atoms with van der Waals surface area (Å²) in [6.45, 7) is 5.34. The Labute approximate surface area is 136 Å². The summed E-state index contributed by atoms with van der Waals surface area (Å²) in [5.74, 6) is 0.0358. The monoisotopic (exact) mass is 436 g/mol. The second kappa shape index (κ2) is 7.04. The van der Waals surface area contributed by atoms with E-state index in [1.165, 1.54) is 0 Å². The molecule has 104 valence electrons. The van der Waals surface area contributed by atoms with Crippen LogP contribution in [0.3, 0.4) is 0 Å². The van der Waals surface area contributed by atoms with Gasteiger partial charge in [0, 0.05) is 20.6 Å². The zero-order valence-electron chi connectivity index (χ0n) is 11.0. The van der Waals surface area contributed by atoms with E-state index < -0.39 is 0 Å². The number of carbonyl (C=O) groups is 1. The Balaban J connectivity index is 2.02. The van der Waals surface area contributed by atoms with Crippen molar-refractivity contribution in [3.8, 4) is 0 Å². The summed E-state index contributed by atoms with van der Waals surface area (Å²) in [6.07, 6.45) is 2.24. The molecule has 1 aromatic rings. The molecule has 19 heavy (non-hydrogen) atoms. The summed E-state index contributed by atoms with van der Waals surface area (Å²) in [7, 11) is 0. The van der Waals surface area contributed by atoms with Gasteiger partial charge in [-0.15, -0.1) is 0 Å². The SMILES string of the molecule is CCN1CCCC(NC(=O)c2cc(Br)ccc2I)C1. The standard InChI is InChI=1S/C14H18BrIN2O/c1-2-18-7-3-4-11(9-18)17-14(19)12-8-10(15)5-6-13(12)16/h5-6,8,11H,2-4,7,9H2,1H3,(H,17,19). The van der Waals surface area contributed by atoms with Crippen LogP contribution in [0.4, 0.5) is 0 Å². The van der Waals surface area contributed by atoms with Crippen LogP contribution in [0.15, 0.2) is 22.7 Å². The first kappa shape index (κ1) is 15.3. The van der Waals surface area contributed by atoms with Crippen molar-refractivity contribution in [1.29, 1.82) is 0 Å². The number of nitrogens with one attached hydrogen (secondary N) is 1. The highest BCUT2D eigenvalue weighted by molar-refractivity contribution is 14.1. The van der Waals surface area contributed by atoms with Crippen molar-refractivity contribution >= 4 is 44.4 Å². The molecule has 0 spiro atoms. The molecule has 1 atom stereocenters. The van der Waals surface area contributed by atoms with Crippen LogP contribution in [0, 0.1) is 3.57 Å². The van der Waals surface area contributed by atoms with Gasteiger partial charge in [-0.25, -0.2) is 0 Å². The fraction of sp³-hybridized carbons (Fsp3) is 0.500. The molecule has 1 aromatic carbocycles. The molecule has 0 aliphatic carbocycles. The second-order valence-corrected chi connectivity index (χ2v) is 6.91. The van der Waals surface area contributed by atoms with E-state index >= 15 is 0 Å². The van der Waals surface area contributed by atoms with Crippen LogP contribution >= 0.6 is 38.5 Å². The maximum atomic E-state index is 12.3. The van der Waals surface area contributed by atoms with Gasteiger partial charge in [-0.1, -0.05) is 22.9 Å². The molecule has 3 nitrogen and oxygen atoms in total. The van der Waals surface area contributed by atoms with Crippen molar-refractivity contribution in [2.24, 2.45) is 0 Å². The number of hydrogen-bond acceptors (Lipinski definition) is 2. The van der Waals surface area contributed by atoms with E-state index in [-0.39, 0.29) is 11.9 Å². The lowest BCUT2D eigenvalue weighted by molar-refractivity contribution is 0.0905. The normalized spacial score (nSPS) is 20.3. The van der Waals surface area contributed by atoms with Gasteiger partial charge in [0.05, 0.1) is 5.56 Å². The molecule has 1 heterocycles. The van der Waals surface area contributed by atoms with Crippen molar-refractivity contribution in [1.82, 2.24) is 10.2 Å². The molecule has 0 bridgehead atoms. The van der Waals surface area contributed by atoms with Crippen molar-refractivity contribution in [2.45, 2.75) is 25.8 Å². The first-order chi connectivity index (χ1) is 9.10. The molecule has 1 aliphatic rings. The average molecular weight is 437 g/mol. The molecular weight excluding hydrogens is 419 g/mol. The van der Waals surface area contributed by atoms with Crippen molar-refractivity contribution in [2.75, 3.05) is 19.6 Å². The Bertz CT molecular complexity index is 467. The van der Waals surface area contributed by atoms with Crippen LogP contribution in [-0.4, -0.2) is 36.5 Å². The van der Waals surface area contributed by atoms with Gasteiger partial charge in [0.2, 0.25) is 0 Å². The fourth-order valence-electron chi connectivity index (χ4n) is 2.40. The molecule has 1 N–H and O–H groups in total. The summed E-state index contributed by atoms with van der Waals surface area (Å²) < 4.78 is 1.93. The van der Waals surface area contributed by atoms with Gasteiger partial charge in [0.25, 0.3) is 5.91 Å². The van der Waals surface area contributed by atoms with E-state index in [1.807, 2.05) is 18.2 Å². The lowest BCUT2D eigenvalue weighted by Gasteiger charge is -2.32. The lowest BCUT2D eigenvalue weighted by Crippen LogP contribution is -2.47. The minimum Gasteiger partial charge on any atom is -0.348 e. The Morgan fingerprint density at radius 2 is 2.37 bits per heavy atom. The molecule has 1 fully saturated rings. The number of nitrogens with zero attached hydrogens (tertiary/aromatic N) is 1. The molecule has 1 saturated heterocycles. The van der Waals surface area contributed by atoms with E-state index in [4.69, 9.17) is 0 Å². The number of benzene rings is 1. The van der Waals surface area contributed by atoms with E-state index in [9.17, 15) is 4.79 Å². The predicted octanol–water partition coefficient (Wildman–Crippen LogP) is 3.27. The lowest BCUT2D eigenvalue weighted by atomic mass is 10.1. The summed E-state index contributed by atoms with van der Waals surface area (Å²) in [5.41, 5.74) is 0.753. The van der Waals surface area contributed by atoms with Crippen LogP contribution < -0.4 is 5.32 Å². The maximum Gasteiger partial charge on any atom is 0.252 e. The Hall–Kier alpha value is -0.140. The van der Waals surface area contributed by atoms with E-state index in [0.29, 0.717) is 0 Å². The van der Waals surface area contributed by atoms with Crippen molar-refractivity contribution in [3.05, 3.63) is 31.8 Å². The number of piperidine rings is 1. The van der Waals surface area contributed by atoms with Gasteiger partial charge in [-0.05, 0) is 66.7 Å². The van der Waals surface area contributed by atoms with Gasteiger partial charge in [0.15, 0.2) is 0 Å². The largest absolute Gasteiger partial charge is 0.348 e. The number of amides is 1. The minimum absolute atomic E-state index is 0.0358. The molecule has 0 aromatic heterocycles. The Morgan fingerprint density at radius 3 is 3.11 bits per heavy atom. The third-order valence-corrected chi connectivity index (χ3v) is 4.89. The molecular formula is C14H18BrIN2O. The predicted molar refractivity (Wildman–Crippen MR) is 89.5 cm³/mol. The van der Waals surface area contributed by atoms with Gasteiger partial charge < -0.3 is 10.2 Å². The number of carbonyl (C=O) groups excluding carboxylic acids is 1. The number of hydrogen-bond donors (Lipinski definition) is 1. The number of likely N-dealkylation sites (N-methyl/N-ethyl adjacent to an activating group) is 1. The highest BCUT2D eigenvalue weighted by Gasteiger charge is 2.21. The third kappa shape index (κ3) is 4.16. The van der Waals surface area contributed by atoms with Crippen molar-refractivity contribution < 1.29 is 4.79 Å². The molecule has 1 amide bonds. The summed E-state index contributed by atoms with van der Waals surface area (Å²) in [5, 5.41) is 3.16. The molecule has 1 unspecified atom stereocenters. The van der Waals surface area contributed by atoms with Crippen LogP contribution in [0.5, 0.6) is 0 Å². The van der Waals surface area contributed by atoms with E-state index in [2.05, 4.69) is 55.7 Å². The zero-order chi connectivity index (χ0) is 13.8. The zero-order valence-corrected chi connectivity index (χ0v) is 14.7.